The Kier molecular flexibility index (Phi) is 7.05. The number of amides is 1. The minimum Gasteiger partial charge on any atom is -0.384 e. The molecule has 7 nitrogen and oxygen atoms in total. The average Bonchev–Trinajstić information content (AvgIpc) is 3.30. The maximum Gasteiger partial charge on any atom is 0.223 e. The third kappa shape index (κ3) is 5.88. The van der Waals surface area contributed by atoms with Gasteiger partial charge in [0.1, 0.15) is 16.2 Å². The summed E-state index contributed by atoms with van der Waals surface area (Å²) >= 11 is 3.28. The fraction of sp³-hybridized carbons (Fsp3) is 0.524. The topological polar surface area (TPSA) is 111 Å². The Morgan fingerprint density at radius 1 is 1.38 bits per heavy atom. The van der Waals surface area contributed by atoms with Crippen LogP contribution in [-0.4, -0.2) is 27.9 Å². The van der Waals surface area contributed by atoms with E-state index in [2.05, 4.69) is 31.4 Å². The van der Waals surface area contributed by atoms with Crippen molar-refractivity contribution in [2.45, 2.75) is 58.4 Å². The van der Waals surface area contributed by atoms with E-state index in [1.807, 2.05) is 19.1 Å². The van der Waals surface area contributed by atoms with Gasteiger partial charge in [0.25, 0.3) is 0 Å². The first kappa shape index (κ1) is 21.5. The lowest BCUT2D eigenvalue weighted by atomic mass is 9.99. The highest BCUT2D eigenvalue weighted by Crippen LogP contribution is 2.33. The summed E-state index contributed by atoms with van der Waals surface area (Å²) in [5, 5.41) is 6.74. The largest absolute Gasteiger partial charge is 0.384 e. The van der Waals surface area contributed by atoms with E-state index in [1.165, 1.54) is 0 Å². The lowest BCUT2D eigenvalue weighted by Gasteiger charge is -2.17. The highest BCUT2D eigenvalue weighted by Gasteiger charge is 2.31. The van der Waals surface area contributed by atoms with Gasteiger partial charge in [-0.2, -0.15) is 0 Å². The summed E-state index contributed by atoms with van der Waals surface area (Å²) in [5.74, 6) is 1.65. The van der Waals surface area contributed by atoms with Crippen LogP contribution in [0.25, 0.3) is 0 Å². The summed E-state index contributed by atoms with van der Waals surface area (Å²) in [6, 6.07) is 5.02. The number of carbonyl (C=O) groups is 2. The van der Waals surface area contributed by atoms with Gasteiger partial charge in [0.15, 0.2) is 5.78 Å². The van der Waals surface area contributed by atoms with Crippen molar-refractivity contribution in [1.29, 1.82) is 0 Å². The zero-order valence-corrected chi connectivity index (χ0v) is 18.4. The van der Waals surface area contributed by atoms with Crippen molar-refractivity contribution < 1.29 is 14.1 Å². The van der Waals surface area contributed by atoms with E-state index in [4.69, 9.17) is 10.3 Å². The van der Waals surface area contributed by atoms with Gasteiger partial charge in [0.2, 0.25) is 5.91 Å². The van der Waals surface area contributed by atoms with Crippen LogP contribution in [0.15, 0.2) is 27.3 Å². The van der Waals surface area contributed by atoms with Crippen molar-refractivity contribution in [2.75, 3.05) is 5.73 Å². The van der Waals surface area contributed by atoms with Crippen molar-refractivity contribution in [3.63, 3.8) is 0 Å². The van der Waals surface area contributed by atoms with Gasteiger partial charge < -0.3 is 15.6 Å². The predicted octanol–water partition coefficient (Wildman–Crippen LogP) is 3.39. The Hall–Kier alpha value is -2.22. The summed E-state index contributed by atoms with van der Waals surface area (Å²) in [6.45, 7) is 3.64. The van der Waals surface area contributed by atoms with Crippen LogP contribution in [0, 0.1) is 18.8 Å². The van der Waals surface area contributed by atoms with Crippen molar-refractivity contribution in [3.05, 3.63) is 39.8 Å². The Balaban J connectivity index is 1.44. The number of nitrogen functional groups attached to an aromatic ring is 1. The molecule has 29 heavy (non-hydrogen) atoms. The molecule has 1 fully saturated rings. The highest BCUT2D eigenvalue weighted by molar-refractivity contribution is 9.10. The Bertz CT molecular complexity index is 883. The molecule has 2 aromatic heterocycles. The molecule has 2 aromatic rings. The summed E-state index contributed by atoms with van der Waals surface area (Å²) in [6.07, 6.45) is 4.36. The number of nitrogens with one attached hydrogen (secondary N) is 1. The van der Waals surface area contributed by atoms with Gasteiger partial charge in [-0.3, -0.25) is 9.59 Å². The Morgan fingerprint density at radius 2 is 2.17 bits per heavy atom. The number of nitrogens with two attached hydrogens (primary N) is 1. The molecule has 1 aliphatic rings. The van der Waals surface area contributed by atoms with Gasteiger partial charge in [0, 0.05) is 30.5 Å². The smallest absolute Gasteiger partial charge is 0.223 e. The molecule has 0 saturated heterocycles. The van der Waals surface area contributed by atoms with Crippen LogP contribution in [0.1, 0.15) is 49.6 Å². The number of anilines is 1. The predicted molar refractivity (Wildman–Crippen MR) is 113 cm³/mol. The fourth-order valence-corrected chi connectivity index (χ4v) is 4.25. The zero-order chi connectivity index (χ0) is 21.0. The average molecular weight is 463 g/mol. The van der Waals surface area contributed by atoms with Crippen LogP contribution in [0.4, 0.5) is 5.82 Å². The van der Waals surface area contributed by atoms with Gasteiger partial charge in [-0.05, 0) is 73.0 Å². The number of ketones is 1. The maximum absolute atomic E-state index is 12.6. The molecule has 8 heteroatoms. The number of aryl methyl sites for hydroxylation is 2. The Morgan fingerprint density at radius 3 is 2.86 bits per heavy atom. The number of pyridine rings is 1. The van der Waals surface area contributed by atoms with Crippen molar-refractivity contribution in [3.8, 4) is 0 Å². The zero-order valence-electron chi connectivity index (χ0n) is 16.8. The standard InChI is InChI=1S/C21H27BrN4O3/c1-12-15(6-8-20(23)24-12)5-7-18(27)13(2)25-21(28)16-4-3-14(9-16)10-17-11-19(22)26-29-17/h6,8,11,13-14,16H,3-5,7,9-10H2,1-2H3,(H2,23,24)(H,25,28)/t13-,14+,16+/m0/s1. The SMILES string of the molecule is Cc1nc(N)ccc1CCC(=O)[C@H](C)NC(=O)[C@@H]1CC[C@@H](Cc2cc(Br)no2)C1. The number of hydrogen-bond acceptors (Lipinski definition) is 6. The molecule has 2 heterocycles. The summed E-state index contributed by atoms with van der Waals surface area (Å²) in [5.41, 5.74) is 7.51. The molecule has 3 N–H and O–H groups in total. The minimum absolute atomic E-state index is 0.0237. The molecule has 156 valence electrons. The fourth-order valence-electron chi connectivity index (χ4n) is 3.93. The number of carbonyl (C=O) groups excluding carboxylic acids is 2. The number of rotatable bonds is 8. The molecule has 3 atom stereocenters. The van der Waals surface area contributed by atoms with E-state index in [9.17, 15) is 9.59 Å². The lowest BCUT2D eigenvalue weighted by Crippen LogP contribution is -2.41. The first-order chi connectivity index (χ1) is 13.8. The first-order valence-corrected chi connectivity index (χ1v) is 10.8. The number of hydrogen-bond donors (Lipinski definition) is 2. The molecule has 0 bridgehead atoms. The molecule has 1 saturated carbocycles. The van der Waals surface area contributed by atoms with E-state index in [1.54, 1.807) is 13.0 Å². The van der Waals surface area contributed by atoms with Crippen molar-refractivity contribution in [2.24, 2.45) is 11.8 Å². The van der Waals surface area contributed by atoms with Gasteiger partial charge in [-0.15, -0.1) is 0 Å². The Labute approximate surface area is 178 Å². The normalized spacial score (nSPS) is 19.8. The molecular formula is C21H27BrN4O3. The van der Waals surface area contributed by atoms with E-state index in [0.29, 0.717) is 29.2 Å². The molecular weight excluding hydrogens is 436 g/mol. The van der Waals surface area contributed by atoms with E-state index in [-0.39, 0.29) is 17.6 Å². The molecule has 3 rings (SSSR count). The van der Waals surface area contributed by atoms with E-state index < -0.39 is 6.04 Å². The van der Waals surface area contributed by atoms with Crippen LogP contribution < -0.4 is 11.1 Å². The van der Waals surface area contributed by atoms with Crippen molar-refractivity contribution >= 4 is 33.4 Å². The monoisotopic (exact) mass is 462 g/mol. The lowest BCUT2D eigenvalue weighted by molar-refractivity contribution is -0.129. The molecule has 1 amide bonds. The quantitative estimate of drug-likeness (QED) is 0.621. The number of Topliss-reactive ketones (excluding diaryl/α,β-unsaturated/α-hetero) is 1. The van der Waals surface area contributed by atoms with Crippen LogP contribution >= 0.6 is 15.9 Å². The number of halogens is 1. The van der Waals surface area contributed by atoms with Gasteiger partial charge in [-0.25, -0.2) is 4.98 Å². The summed E-state index contributed by atoms with van der Waals surface area (Å²) < 4.78 is 5.93. The first-order valence-electron chi connectivity index (χ1n) is 9.98. The third-order valence-electron chi connectivity index (χ3n) is 5.63. The second-order valence-corrected chi connectivity index (χ2v) is 8.69. The number of nitrogens with zero attached hydrogens (tertiary/aromatic N) is 2. The van der Waals surface area contributed by atoms with Crippen LogP contribution in [0.3, 0.4) is 0 Å². The third-order valence-corrected chi connectivity index (χ3v) is 6.01. The molecule has 0 radical (unpaired) electrons. The second kappa shape index (κ2) is 9.52. The van der Waals surface area contributed by atoms with Crippen LogP contribution in [-0.2, 0) is 22.4 Å². The van der Waals surface area contributed by atoms with Gasteiger partial charge in [-0.1, -0.05) is 11.2 Å². The summed E-state index contributed by atoms with van der Waals surface area (Å²) in [4.78, 5) is 29.3. The van der Waals surface area contributed by atoms with E-state index in [0.717, 1.165) is 42.7 Å². The second-order valence-electron chi connectivity index (χ2n) is 7.87. The maximum atomic E-state index is 12.6. The van der Waals surface area contributed by atoms with Gasteiger partial charge >= 0.3 is 0 Å². The van der Waals surface area contributed by atoms with Crippen LogP contribution in [0.5, 0.6) is 0 Å². The molecule has 0 aromatic carbocycles. The van der Waals surface area contributed by atoms with Gasteiger partial charge in [0.05, 0.1) is 6.04 Å². The number of aromatic nitrogens is 2. The van der Waals surface area contributed by atoms with Crippen molar-refractivity contribution in [1.82, 2.24) is 15.5 Å². The summed E-state index contributed by atoms with van der Waals surface area (Å²) in [7, 11) is 0. The molecule has 0 spiro atoms. The van der Waals surface area contributed by atoms with E-state index >= 15 is 0 Å². The highest BCUT2D eigenvalue weighted by atomic mass is 79.9. The molecule has 0 aliphatic heterocycles. The molecule has 1 aliphatic carbocycles. The minimum atomic E-state index is -0.492. The molecule has 0 unspecified atom stereocenters. The van der Waals surface area contributed by atoms with Crippen LogP contribution in [0.2, 0.25) is 0 Å².